The molecule has 1 aromatic rings. The van der Waals surface area contributed by atoms with Gasteiger partial charge < -0.3 is 5.32 Å². The molecule has 0 heterocycles. The van der Waals surface area contributed by atoms with Gasteiger partial charge in [0.2, 0.25) is 0 Å². The van der Waals surface area contributed by atoms with E-state index in [9.17, 15) is 13.6 Å². The van der Waals surface area contributed by atoms with Gasteiger partial charge in [0.25, 0.3) is 5.91 Å². The summed E-state index contributed by atoms with van der Waals surface area (Å²) in [7, 11) is 0. The maximum absolute atomic E-state index is 13.6. The average Bonchev–Trinajstić information content (AvgIpc) is 2.41. The van der Waals surface area contributed by atoms with Crippen molar-refractivity contribution in [2.45, 2.75) is 32.1 Å². The van der Waals surface area contributed by atoms with Gasteiger partial charge in [-0.15, -0.1) is 11.6 Å². The van der Waals surface area contributed by atoms with Gasteiger partial charge in [-0.2, -0.15) is 0 Å². The van der Waals surface area contributed by atoms with Gasteiger partial charge in [-0.1, -0.05) is 38.3 Å². The largest absolute Gasteiger partial charge is 0.350 e. The Balaban J connectivity index is 2.70. The highest BCUT2D eigenvalue weighted by Crippen LogP contribution is 2.20. The molecule has 1 amide bonds. The fourth-order valence-electron chi connectivity index (χ4n) is 1.95. The van der Waals surface area contributed by atoms with E-state index in [1.165, 1.54) is 0 Å². The number of benzene rings is 1. The molecule has 0 aliphatic heterocycles. The number of halogens is 4. The number of alkyl halides is 1. The number of amides is 1. The highest BCUT2D eigenvalue weighted by molar-refractivity contribution is 6.30. The van der Waals surface area contributed by atoms with E-state index in [0.717, 1.165) is 25.0 Å². The van der Waals surface area contributed by atoms with E-state index >= 15 is 0 Å². The molecule has 0 saturated carbocycles. The van der Waals surface area contributed by atoms with Gasteiger partial charge in [0.05, 0.1) is 16.0 Å². The fraction of sp³-hybridized carbons (Fsp3) is 0.500. The smallest absolute Gasteiger partial charge is 0.254 e. The molecular formula is C14H17Cl2F2NO. The molecule has 1 atom stereocenters. The Morgan fingerprint density at radius 2 is 1.85 bits per heavy atom. The lowest BCUT2D eigenvalue weighted by atomic mass is 9.99. The van der Waals surface area contributed by atoms with Crippen LogP contribution >= 0.6 is 23.2 Å². The normalized spacial score (nSPS) is 12.6. The zero-order valence-corrected chi connectivity index (χ0v) is 12.9. The summed E-state index contributed by atoms with van der Waals surface area (Å²) in [5.74, 6) is -2.12. The predicted molar refractivity (Wildman–Crippen MR) is 77.4 cm³/mol. The maximum Gasteiger partial charge on any atom is 0.254 e. The Labute approximate surface area is 127 Å². The van der Waals surface area contributed by atoms with E-state index in [4.69, 9.17) is 23.2 Å². The number of rotatable bonds is 6. The lowest BCUT2D eigenvalue weighted by Gasteiger charge is -2.19. The molecular weight excluding hydrogens is 307 g/mol. The summed E-state index contributed by atoms with van der Waals surface area (Å²) in [4.78, 5) is 11.8. The molecule has 1 N–H and O–H groups in total. The first-order valence-electron chi connectivity index (χ1n) is 6.47. The van der Waals surface area contributed by atoms with Crippen molar-refractivity contribution in [1.82, 2.24) is 5.32 Å². The van der Waals surface area contributed by atoms with Gasteiger partial charge >= 0.3 is 0 Å². The molecule has 1 unspecified atom stereocenters. The number of carbonyl (C=O) groups excluding carboxylic acids is 1. The highest BCUT2D eigenvalue weighted by Gasteiger charge is 2.19. The molecule has 0 aliphatic rings. The second-order valence-corrected chi connectivity index (χ2v) is 5.52. The minimum Gasteiger partial charge on any atom is -0.350 e. The molecule has 0 fully saturated rings. The third-order valence-corrected chi connectivity index (χ3v) is 4.07. The Morgan fingerprint density at radius 1 is 1.25 bits per heavy atom. The number of nitrogens with one attached hydrogen (secondary N) is 1. The second kappa shape index (κ2) is 7.79. The second-order valence-electron chi connectivity index (χ2n) is 4.55. The first-order chi connectivity index (χ1) is 9.40. The summed E-state index contributed by atoms with van der Waals surface area (Å²) in [6.45, 7) is 4.23. The topological polar surface area (TPSA) is 29.1 Å². The van der Waals surface area contributed by atoms with Crippen LogP contribution in [0.4, 0.5) is 8.78 Å². The third-order valence-electron chi connectivity index (χ3n) is 3.27. The zero-order chi connectivity index (χ0) is 15.3. The van der Waals surface area contributed by atoms with Gasteiger partial charge in [-0.25, -0.2) is 8.78 Å². The van der Waals surface area contributed by atoms with E-state index < -0.39 is 17.5 Å². The fourth-order valence-corrected chi connectivity index (χ4v) is 2.53. The molecule has 1 rings (SSSR count). The zero-order valence-electron chi connectivity index (χ0n) is 11.4. The van der Waals surface area contributed by atoms with Crippen molar-refractivity contribution in [2.24, 2.45) is 5.92 Å². The van der Waals surface area contributed by atoms with Crippen LogP contribution in [0.2, 0.25) is 5.02 Å². The molecule has 6 heteroatoms. The van der Waals surface area contributed by atoms with Crippen LogP contribution in [0, 0.1) is 17.6 Å². The number of hydrogen-bond acceptors (Lipinski definition) is 1. The van der Waals surface area contributed by atoms with Crippen molar-refractivity contribution in [1.29, 1.82) is 0 Å². The summed E-state index contributed by atoms with van der Waals surface area (Å²) >= 11 is 11.6. The van der Waals surface area contributed by atoms with Gasteiger partial charge in [-0.05, 0) is 18.1 Å². The minimum atomic E-state index is -0.859. The van der Waals surface area contributed by atoms with Crippen molar-refractivity contribution >= 4 is 29.1 Å². The lowest BCUT2D eigenvalue weighted by Crippen LogP contribution is -2.33. The van der Waals surface area contributed by atoms with Crippen LogP contribution in [0.5, 0.6) is 0 Å². The standard InChI is InChI=1S/C14H17Cl2F2NO/c1-3-8(4-2)11(16)7-19-14(20)9-5-13(18)10(15)6-12(9)17/h5-6,8,11H,3-4,7H2,1-2H3,(H,19,20). The van der Waals surface area contributed by atoms with Crippen LogP contribution in [0.3, 0.4) is 0 Å². The first kappa shape index (κ1) is 17.2. The van der Waals surface area contributed by atoms with Crippen molar-refractivity contribution in [2.75, 3.05) is 6.54 Å². The van der Waals surface area contributed by atoms with Crippen molar-refractivity contribution < 1.29 is 13.6 Å². The van der Waals surface area contributed by atoms with E-state index in [-0.39, 0.29) is 28.4 Å². The van der Waals surface area contributed by atoms with Crippen LogP contribution in [0.15, 0.2) is 12.1 Å². The van der Waals surface area contributed by atoms with Crippen LogP contribution in [0.25, 0.3) is 0 Å². The summed E-state index contributed by atoms with van der Waals surface area (Å²) in [6, 6.07) is 1.57. The first-order valence-corrected chi connectivity index (χ1v) is 7.28. The summed E-state index contributed by atoms with van der Waals surface area (Å²) in [6.07, 6.45) is 1.79. The molecule has 0 spiro atoms. The van der Waals surface area contributed by atoms with E-state index in [1.807, 2.05) is 13.8 Å². The van der Waals surface area contributed by atoms with Gasteiger partial charge in [0, 0.05) is 6.54 Å². The Kier molecular flexibility index (Phi) is 6.69. The van der Waals surface area contributed by atoms with Gasteiger partial charge in [0.1, 0.15) is 11.6 Å². The maximum atomic E-state index is 13.6. The molecule has 0 saturated heterocycles. The molecule has 0 aliphatic carbocycles. The molecule has 2 nitrogen and oxygen atoms in total. The average molecular weight is 324 g/mol. The summed E-state index contributed by atoms with van der Waals surface area (Å²) in [5.41, 5.74) is -0.375. The summed E-state index contributed by atoms with van der Waals surface area (Å²) < 4.78 is 26.8. The van der Waals surface area contributed by atoms with E-state index in [1.54, 1.807) is 0 Å². The minimum absolute atomic E-state index is 0.205. The van der Waals surface area contributed by atoms with Crippen molar-refractivity contribution in [3.8, 4) is 0 Å². The Bertz CT molecular complexity index is 478. The van der Waals surface area contributed by atoms with Gasteiger partial charge in [0.15, 0.2) is 0 Å². The van der Waals surface area contributed by atoms with Crippen LogP contribution in [-0.4, -0.2) is 17.8 Å². The number of hydrogen-bond donors (Lipinski definition) is 1. The monoisotopic (exact) mass is 323 g/mol. The Hall–Kier alpha value is -0.870. The molecule has 20 heavy (non-hydrogen) atoms. The van der Waals surface area contributed by atoms with Crippen molar-refractivity contribution in [3.63, 3.8) is 0 Å². The quantitative estimate of drug-likeness (QED) is 0.610. The van der Waals surface area contributed by atoms with E-state index in [2.05, 4.69) is 5.32 Å². The third kappa shape index (κ3) is 4.32. The molecule has 0 aromatic heterocycles. The van der Waals surface area contributed by atoms with E-state index in [0.29, 0.717) is 0 Å². The molecule has 1 aromatic carbocycles. The van der Waals surface area contributed by atoms with Crippen LogP contribution in [-0.2, 0) is 0 Å². The number of carbonyl (C=O) groups is 1. The van der Waals surface area contributed by atoms with Crippen LogP contribution < -0.4 is 5.32 Å². The SMILES string of the molecule is CCC(CC)C(Cl)CNC(=O)c1cc(F)c(Cl)cc1F. The lowest BCUT2D eigenvalue weighted by molar-refractivity contribution is 0.0947. The van der Waals surface area contributed by atoms with Gasteiger partial charge in [-0.3, -0.25) is 4.79 Å². The predicted octanol–water partition coefficient (Wildman–Crippen LogP) is 4.39. The highest BCUT2D eigenvalue weighted by atomic mass is 35.5. The summed E-state index contributed by atoms with van der Waals surface area (Å²) in [5, 5.41) is 1.92. The van der Waals surface area contributed by atoms with Crippen molar-refractivity contribution in [3.05, 3.63) is 34.4 Å². The van der Waals surface area contributed by atoms with Crippen LogP contribution in [0.1, 0.15) is 37.0 Å². The molecule has 0 radical (unpaired) electrons. The molecule has 0 bridgehead atoms. The Morgan fingerprint density at radius 3 is 2.40 bits per heavy atom. The molecule has 112 valence electrons.